The summed E-state index contributed by atoms with van der Waals surface area (Å²) in [4.78, 5) is 16.1. The largest absolute Gasteiger partial charge is 0.364 e. The molecule has 0 unspecified atom stereocenters. The first-order chi connectivity index (χ1) is 14.5. The number of aryl methyl sites for hydroxylation is 2. The van der Waals surface area contributed by atoms with E-state index >= 15 is 0 Å². The summed E-state index contributed by atoms with van der Waals surface area (Å²) < 4.78 is 3.31. The van der Waals surface area contributed by atoms with Crippen LogP contribution in [0.25, 0.3) is 22.6 Å². The Bertz CT molecular complexity index is 1250. The molecular formula is C21H16ClN7O. The van der Waals surface area contributed by atoms with Gasteiger partial charge in [-0.3, -0.25) is 19.1 Å². The lowest BCUT2D eigenvalue weighted by atomic mass is 10.1. The summed E-state index contributed by atoms with van der Waals surface area (Å²) in [6.45, 7) is 0.883. The van der Waals surface area contributed by atoms with Gasteiger partial charge in [0, 0.05) is 18.0 Å². The zero-order valence-electron chi connectivity index (χ0n) is 15.7. The van der Waals surface area contributed by atoms with Gasteiger partial charge in [0.15, 0.2) is 0 Å². The van der Waals surface area contributed by atoms with E-state index in [2.05, 4.69) is 15.2 Å². The summed E-state index contributed by atoms with van der Waals surface area (Å²) in [5, 5.41) is 18.4. The normalized spacial score (nSPS) is 10.7. The quantitative estimate of drug-likeness (QED) is 0.517. The molecule has 0 saturated carbocycles. The van der Waals surface area contributed by atoms with Gasteiger partial charge in [0.1, 0.15) is 17.5 Å². The van der Waals surface area contributed by atoms with Crippen LogP contribution in [0.1, 0.15) is 16.1 Å². The van der Waals surface area contributed by atoms with E-state index in [4.69, 9.17) is 22.6 Å². The highest BCUT2D eigenvalue weighted by molar-refractivity contribution is 6.32. The molecular weight excluding hydrogens is 402 g/mol. The lowest BCUT2D eigenvalue weighted by Gasteiger charge is -2.05. The number of nitrogens with zero attached hydrogens (tertiary/aromatic N) is 6. The van der Waals surface area contributed by atoms with Crippen LogP contribution >= 0.6 is 11.6 Å². The van der Waals surface area contributed by atoms with E-state index in [1.165, 1.54) is 0 Å². The van der Waals surface area contributed by atoms with Crippen LogP contribution in [0.3, 0.4) is 0 Å². The molecule has 0 aliphatic carbocycles. The van der Waals surface area contributed by atoms with Crippen LogP contribution in [0, 0.1) is 11.3 Å². The number of benzene rings is 1. The van der Waals surface area contributed by atoms with Gasteiger partial charge < -0.3 is 5.73 Å². The van der Waals surface area contributed by atoms with Crippen molar-refractivity contribution in [2.75, 3.05) is 0 Å². The van der Waals surface area contributed by atoms with Gasteiger partial charge in [-0.05, 0) is 36.4 Å². The van der Waals surface area contributed by atoms with Gasteiger partial charge in [-0.1, -0.05) is 23.7 Å². The summed E-state index contributed by atoms with van der Waals surface area (Å²) in [7, 11) is 0. The van der Waals surface area contributed by atoms with Gasteiger partial charge >= 0.3 is 0 Å². The van der Waals surface area contributed by atoms with Gasteiger partial charge in [-0.25, -0.2) is 0 Å². The highest BCUT2D eigenvalue weighted by Crippen LogP contribution is 2.24. The van der Waals surface area contributed by atoms with E-state index in [0.29, 0.717) is 40.8 Å². The predicted molar refractivity (Wildman–Crippen MR) is 111 cm³/mol. The summed E-state index contributed by atoms with van der Waals surface area (Å²) >= 11 is 6.11. The zero-order valence-corrected chi connectivity index (χ0v) is 16.5. The SMILES string of the molecule is N#Cc1ccc(-c2ccn(CCn3nc(-c4ccccn4)cc3C(N)=O)n2)cc1Cl. The monoisotopic (exact) mass is 417 g/mol. The fourth-order valence-electron chi connectivity index (χ4n) is 3.03. The molecule has 0 spiro atoms. The van der Waals surface area contributed by atoms with Crippen LogP contribution in [-0.4, -0.2) is 30.5 Å². The Labute approximate surface area is 177 Å². The van der Waals surface area contributed by atoms with E-state index in [9.17, 15) is 4.79 Å². The van der Waals surface area contributed by atoms with Crippen LogP contribution in [-0.2, 0) is 13.1 Å². The Kier molecular flexibility index (Phi) is 5.28. The number of carbonyl (C=O) groups excluding carboxylic acids is 1. The van der Waals surface area contributed by atoms with E-state index in [1.54, 1.807) is 39.8 Å². The van der Waals surface area contributed by atoms with Gasteiger partial charge in [-0.2, -0.15) is 15.5 Å². The van der Waals surface area contributed by atoms with Crippen molar-refractivity contribution >= 4 is 17.5 Å². The third-order valence-corrected chi connectivity index (χ3v) is 4.84. The van der Waals surface area contributed by atoms with Crippen LogP contribution in [0.5, 0.6) is 0 Å². The molecule has 0 radical (unpaired) electrons. The van der Waals surface area contributed by atoms with E-state index in [-0.39, 0.29) is 0 Å². The van der Waals surface area contributed by atoms with Crippen LogP contribution in [0.4, 0.5) is 0 Å². The van der Waals surface area contributed by atoms with Gasteiger partial charge in [0.05, 0.1) is 35.1 Å². The van der Waals surface area contributed by atoms with Gasteiger partial charge in [0.2, 0.25) is 0 Å². The lowest BCUT2D eigenvalue weighted by molar-refractivity contribution is 0.0989. The minimum atomic E-state index is -0.557. The number of carbonyl (C=O) groups is 1. The smallest absolute Gasteiger partial charge is 0.266 e. The number of amides is 1. The Morgan fingerprint density at radius 1 is 1.07 bits per heavy atom. The average Bonchev–Trinajstić information content (AvgIpc) is 3.40. The lowest BCUT2D eigenvalue weighted by Crippen LogP contribution is -2.19. The van der Waals surface area contributed by atoms with E-state index in [0.717, 1.165) is 11.3 Å². The Morgan fingerprint density at radius 2 is 1.93 bits per heavy atom. The van der Waals surface area contributed by atoms with Crippen molar-refractivity contribution < 1.29 is 4.79 Å². The van der Waals surface area contributed by atoms with Gasteiger partial charge in [0.25, 0.3) is 5.91 Å². The highest BCUT2D eigenvalue weighted by Gasteiger charge is 2.15. The second kappa shape index (κ2) is 8.19. The number of pyridine rings is 1. The minimum Gasteiger partial charge on any atom is -0.364 e. The van der Waals surface area contributed by atoms with Gasteiger partial charge in [-0.15, -0.1) is 0 Å². The maximum absolute atomic E-state index is 11.8. The maximum atomic E-state index is 11.8. The molecule has 8 nitrogen and oxygen atoms in total. The van der Waals surface area contributed by atoms with Crippen LogP contribution < -0.4 is 5.73 Å². The molecule has 0 aliphatic heterocycles. The molecule has 3 aromatic heterocycles. The first-order valence-corrected chi connectivity index (χ1v) is 9.45. The number of rotatable bonds is 6. The first-order valence-electron chi connectivity index (χ1n) is 9.07. The molecule has 148 valence electrons. The van der Waals surface area contributed by atoms with Crippen molar-refractivity contribution in [2.24, 2.45) is 5.73 Å². The molecule has 3 heterocycles. The fourth-order valence-corrected chi connectivity index (χ4v) is 3.25. The molecule has 0 fully saturated rings. The minimum absolute atomic E-state index is 0.307. The van der Waals surface area contributed by atoms with Crippen LogP contribution in [0.15, 0.2) is 60.9 Å². The number of nitrogens with two attached hydrogens (primary N) is 1. The van der Waals surface area contributed by atoms with Crippen LogP contribution in [0.2, 0.25) is 5.02 Å². The maximum Gasteiger partial charge on any atom is 0.266 e. The molecule has 2 N–H and O–H groups in total. The number of hydrogen-bond donors (Lipinski definition) is 1. The van der Waals surface area contributed by atoms with Crippen molar-refractivity contribution in [3.8, 4) is 28.7 Å². The second-order valence-corrected chi connectivity index (χ2v) is 6.89. The van der Waals surface area contributed by atoms with Crippen molar-refractivity contribution in [3.63, 3.8) is 0 Å². The standard InChI is InChI=1S/C21H16ClN7O/c22-16-11-14(4-5-15(16)13-23)17-6-8-28(26-17)9-10-29-20(21(24)30)12-19(27-29)18-3-1-2-7-25-18/h1-8,11-12H,9-10H2,(H2,24,30). The summed E-state index contributed by atoms with van der Waals surface area (Å²) in [5.74, 6) is -0.557. The summed E-state index contributed by atoms with van der Waals surface area (Å²) in [5.41, 5.74) is 9.03. The zero-order chi connectivity index (χ0) is 21.1. The van der Waals surface area contributed by atoms with Crippen molar-refractivity contribution in [3.05, 3.63) is 77.2 Å². The highest BCUT2D eigenvalue weighted by atomic mass is 35.5. The number of halogens is 1. The Balaban J connectivity index is 1.53. The molecule has 0 atom stereocenters. The van der Waals surface area contributed by atoms with Crippen molar-refractivity contribution in [1.82, 2.24) is 24.5 Å². The fraction of sp³-hybridized carbons (Fsp3) is 0.0952. The molecule has 4 aromatic rings. The number of primary amides is 1. The molecule has 9 heteroatoms. The van der Waals surface area contributed by atoms with Crippen molar-refractivity contribution in [1.29, 1.82) is 5.26 Å². The Hall–Kier alpha value is -3.96. The number of aromatic nitrogens is 5. The Morgan fingerprint density at radius 3 is 2.63 bits per heavy atom. The number of hydrogen-bond acceptors (Lipinski definition) is 5. The molecule has 1 aromatic carbocycles. The third kappa shape index (κ3) is 3.92. The topological polar surface area (TPSA) is 115 Å². The third-order valence-electron chi connectivity index (χ3n) is 4.53. The van der Waals surface area contributed by atoms with Crippen molar-refractivity contribution in [2.45, 2.75) is 13.1 Å². The summed E-state index contributed by atoms with van der Waals surface area (Å²) in [6, 6.07) is 16.2. The average molecular weight is 418 g/mol. The first kappa shape index (κ1) is 19.4. The molecule has 0 saturated heterocycles. The van der Waals surface area contributed by atoms with E-state index in [1.807, 2.05) is 36.5 Å². The second-order valence-electron chi connectivity index (χ2n) is 6.49. The summed E-state index contributed by atoms with van der Waals surface area (Å²) in [6.07, 6.45) is 3.49. The number of nitriles is 1. The molecule has 30 heavy (non-hydrogen) atoms. The predicted octanol–water partition coefficient (Wildman–Crippen LogP) is 3.13. The molecule has 0 aliphatic rings. The molecule has 4 rings (SSSR count). The molecule has 1 amide bonds. The van der Waals surface area contributed by atoms with E-state index < -0.39 is 5.91 Å². The molecule has 0 bridgehead atoms.